The average Bonchev–Trinajstić information content (AvgIpc) is 3.49. The van der Waals surface area contributed by atoms with Crippen LogP contribution in [0.25, 0.3) is 11.0 Å². The van der Waals surface area contributed by atoms with E-state index in [1.54, 1.807) is 0 Å². The Morgan fingerprint density at radius 3 is 2.67 bits per heavy atom. The van der Waals surface area contributed by atoms with Gasteiger partial charge in [0, 0.05) is 38.0 Å². The second-order valence-electron chi connectivity index (χ2n) is 12.4. The molecule has 4 heterocycles. The first-order chi connectivity index (χ1) is 18.7. The molecule has 0 aromatic carbocycles. The number of aromatic nitrogens is 3. The Kier molecular flexibility index (Phi) is 8.12. The molecule has 2 aliphatic rings. The Labute approximate surface area is 232 Å². The van der Waals surface area contributed by atoms with Crippen LogP contribution in [0.3, 0.4) is 0 Å². The van der Waals surface area contributed by atoms with Crippen LogP contribution in [-0.4, -0.2) is 46.1 Å². The number of anilines is 1. The quantitative estimate of drug-likeness (QED) is 0.231. The monoisotopic (exact) mass is 549 g/mol. The fourth-order valence-corrected chi connectivity index (χ4v) is 6.09. The summed E-state index contributed by atoms with van der Waals surface area (Å²) >= 11 is 0. The van der Waals surface area contributed by atoms with Gasteiger partial charge >= 0.3 is 0 Å². The highest BCUT2D eigenvalue weighted by Gasteiger charge is 2.29. The number of fused-ring (bicyclic) bond motifs is 3. The Balaban J connectivity index is 1.48. The highest BCUT2D eigenvalue weighted by atomic mass is 28.3. The van der Waals surface area contributed by atoms with Gasteiger partial charge in [0.15, 0.2) is 0 Å². The van der Waals surface area contributed by atoms with Crippen molar-refractivity contribution in [2.75, 3.05) is 12.3 Å². The van der Waals surface area contributed by atoms with E-state index in [9.17, 15) is 4.79 Å². The Hall–Kier alpha value is -2.75. The van der Waals surface area contributed by atoms with Crippen LogP contribution >= 0.6 is 0 Å². The van der Waals surface area contributed by atoms with Crippen molar-refractivity contribution >= 4 is 30.8 Å². The molecule has 0 radical (unpaired) electrons. The van der Waals surface area contributed by atoms with Crippen LogP contribution in [0.4, 0.5) is 5.82 Å². The molecule has 1 aliphatic heterocycles. The number of carbonyl (C=O) groups is 1. The summed E-state index contributed by atoms with van der Waals surface area (Å²) in [6, 6.07) is 7.24. The zero-order valence-electron chi connectivity index (χ0n) is 24.1. The van der Waals surface area contributed by atoms with Gasteiger partial charge in [0.1, 0.15) is 18.2 Å². The van der Waals surface area contributed by atoms with Gasteiger partial charge in [0.05, 0.1) is 36.5 Å². The van der Waals surface area contributed by atoms with E-state index in [-0.39, 0.29) is 18.7 Å². The van der Waals surface area contributed by atoms with Gasteiger partial charge in [-0.3, -0.25) is 9.78 Å². The summed E-state index contributed by atoms with van der Waals surface area (Å²) < 4.78 is 13.9. The third-order valence-corrected chi connectivity index (χ3v) is 10.1. The topological polar surface area (TPSA) is 95.5 Å². The average molecular weight is 550 g/mol. The van der Waals surface area contributed by atoms with Gasteiger partial charge in [-0.25, -0.2) is 4.98 Å². The molecule has 9 heteroatoms. The summed E-state index contributed by atoms with van der Waals surface area (Å²) in [4.78, 5) is 25.6. The van der Waals surface area contributed by atoms with Crippen molar-refractivity contribution in [1.29, 1.82) is 0 Å². The molecular formula is C30H43N5O3Si. The SMILES string of the molecule is CC[C@@H](C)N(Cc1ccc(C2CCC2)cn1)C(=O)c1cc2nc(N)c3c(c2n1COCC[Si](C)(C)C)COC3. The number of pyridine rings is 2. The molecule has 0 spiro atoms. The highest BCUT2D eigenvalue weighted by Crippen LogP contribution is 2.36. The smallest absolute Gasteiger partial charge is 0.271 e. The van der Waals surface area contributed by atoms with Gasteiger partial charge in [-0.1, -0.05) is 39.1 Å². The number of carbonyl (C=O) groups excluding carboxylic acids is 1. The molecule has 1 fully saturated rings. The fourth-order valence-electron chi connectivity index (χ4n) is 5.33. The highest BCUT2D eigenvalue weighted by molar-refractivity contribution is 6.76. The number of nitrogens with zero attached hydrogens (tertiary/aromatic N) is 4. The minimum atomic E-state index is -1.25. The first kappa shape index (κ1) is 27.8. The van der Waals surface area contributed by atoms with Crippen molar-refractivity contribution in [3.8, 4) is 0 Å². The maximum absolute atomic E-state index is 14.3. The number of hydrogen-bond donors (Lipinski definition) is 1. The molecule has 8 nitrogen and oxygen atoms in total. The van der Waals surface area contributed by atoms with E-state index < -0.39 is 8.07 Å². The van der Waals surface area contributed by atoms with Crippen LogP contribution in [0.2, 0.25) is 25.7 Å². The predicted octanol–water partition coefficient (Wildman–Crippen LogP) is 6.06. The molecule has 1 amide bonds. The van der Waals surface area contributed by atoms with E-state index in [0.717, 1.165) is 34.8 Å². The normalized spacial score (nSPS) is 16.3. The van der Waals surface area contributed by atoms with Gasteiger partial charge in [0.25, 0.3) is 5.91 Å². The van der Waals surface area contributed by atoms with E-state index in [0.29, 0.717) is 49.3 Å². The zero-order chi connectivity index (χ0) is 27.7. The lowest BCUT2D eigenvalue weighted by Gasteiger charge is -2.29. The lowest BCUT2D eigenvalue weighted by atomic mass is 9.81. The fraction of sp³-hybridized carbons (Fsp3) is 0.567. The minimum Gasteiger partial charge on any atom is -0.383 e. The van der Waals surface area contributed by atoms with Crippen LogP contribution in [-0.2, 0) is 36.0 Å². The van der Waals surface area contributed by atoms with Gasteiger partial charge < -0.3 is 24.7 Å². The lowest BCUT2D eigenvalue weighted by molar-refractivity contribution is 0.0609. The molecule has 0 bridgehead atoms. The van der Waals surface area contributed by atoms with Crippen molar-refractivity contribution in [3.05, 3.63) is 52.5 Å². The van der Waals surface area contributed by atoms with Gasteiger partial charge in [0.2, 0.25) is 0 Å². The maximum atomic E-state index is 14.3. The molecule has 2 N–H and O–H groups in total. The molecular weight excluding hydrogens is 506 g/mol. The molecule has 5 rings (SSSR count). The van der Waals surface area contributed by atoms with Gasteiger partial charge in [-0.05, 0) is 55.8 Å². The molecule has 3 aromatic rings. The second-order valence-corrected chi connectivity index (χ2v) is 18.0. The molecule has 39 heavy (non-hydrogen) atoms. The van der Waals surface area contributed by atoms with E-state index >= 15 is 0 Å². The molecule has 3 aromatic heterocycles. The summed E-state index contributed by atoms with van der Waals surface area (Å²) in [5.74, 6) is 1.06. The Morgan fingerprint density at radius 2 is 2.03 bits per heavy atom. The summed E-state index contributed by atoms with van der Waals surface area (Å²) in [6.07, 6.45) is 6.63. The Morgan fingerprint density at radius 1 is 1.26 bits per heavy atom. The van der Waals surface area contributed by atoms with E-state index in [4.69, 9.17) is 20.2 Å². The van der Waals surface area contributed by atoms with Gasteiger partial charge in [-0.15, -0.1) is 0 Å². The molecule has 0 saturated heterocycles. The summed E-state index contributed by atoms with van der Waals surface area (Å²) in [5.41, 5.74) is 12.6. The van der Waals surface area contributed by atoms with Crippen molar-refractivity contribution in [2.24, 2.45) is 0 Å². The lowest BCUT2D eigenvalue weighted by Crippen LogP contribution is -2.39. The van der Waals surface area contributed by atoms with E-state index in [1.165, 1.54) is 24.8 Å². The first-order valence-corrected chi connectivity index (χ1v) is 18.1. The zero-order valence-corrected chi connectivity index (χ0v) is 25.1. The summed E-state index contributed by atoms with van der Waals surface area (Å²) in [6.45, 7) is 13.5. The predicted molar refractivity (Wildman–Crippen MR) is 157 cm³/mol. The summed E-state index contributed by atoms with van der Waals surface area (Å²) in [7, 11) is -1.25. The number of rotatable bonds is 11. The van der Waals surface area contributed by atoms with E-state index in [1.807, 2.05) is 21.7 Å². The van der Waals surface area contributed by atoms with Crippen LogP contribution in [0, 0.1) is 0 Å². The van der Waals surface area contributed by atoms with Gasteiger partial charge in [-0.2, -0.15) is 0 Å². The third kappa shape index (κ3) is 5.90. The number of nitrogen functional groups attached to an aromatic ring is 1. The van der Waals surface area contributed by atoms with Crippen LogP contribution in [0.15, 0.2) is 24.4 Å². The van der Waals surface area contributed by atoms with Crippen LogP contribution < -0.4 is 5.73 Å². The molecule has 210 valence electrons. The first-order valence-electron chi connectivity index (χ1n) is 14.4. The number of hydrogen-bond acceptors (Lipinski definition) is 6. The summed E-state index contributed by atoms with van der Waals surface area (Å²) in [5, 5.41) is 0. The molecule has 0 unspecified atom stereocenters. The second kappa shape index (κ2) is 11.4. The molecule has 1 aliphatic carbocycles. The minimum absolute atomic E-state index is 0.0388. The molecule has 1 atom stereocenters. The number of nitrogens with two attached hydrogens (primary N) is 1. The third-order valence-electron chi connectivity index (χ3n) is 8.35. The maximum Gasteiger partial charge on any atom is 0.271 e. The van der Waals surface area contributed by atoms with Crippen LogP contribution in [0.5, 0.6) is 0 Å². The van der Waals surface area contributed by atoms with Crippen molar-refractivity contribution in [3.63, 3.8) is 0 Å². The Bertz CT molecular complexity index is 1330. The number of amides is 1. The van der Waals surface area contributed by atoms with Crippen molar-refractivity contribution < 1.29 is 14.3 Å². The van der Waals surface area contributed by atoms with Crippen LogP contribution in [0.1, 0.15) is 78.3 Å². The standard InChI is InChI=1S/C30H43N5O3Si/c1-6-20(2)34(16-23-11-10-22(15-32-23)21-8-7-9-21)30(36)27-14-26-28(24-17-38-18-25(24)29(31)33-26)35(27)19-37-12-13-39(3,4)5/h10-11,14-15,20-21H,6-9,12-13,16-19H2,1-5H3,(H2,31,33)/t20-/m1/s1. The molecule has 1 saturated carbocycles. The number of ether oxygens (including phenoxy) is 2. The van der Waals surface area contributed by atoms with Crippen molar-refractivity contribution in [2.45, 2.75) is 104 Å². The van der Waals surface area contributed by atoms with E-state index in [2.05, 4.69) is 50.6 Å². The largest absolute Gasteiger partial charge is 0.383 e. The van der Waals surface area contributed by atoms with Crippen molar-refractivity contribution in [1.82, 2.24) is 19.4 Å².